The van der Waals surface area contributed by atoms with Gasteiger partial charge >= 0.3 is 0 Å². The van der Waals surface area contributed by atoms with E-state index in [4.69, 9.17) is 11.6 Å². The minimum absolute atomic E-state index is 0.215. The molecule has 3 nitrogen and oxygen atoms in total. The number of carbonyl (C=O) groups is 1. The largest absolute Gasteiger partial charge is 0.322 e. The standard InChI is InChI=1S/C12H8BrClN2O/c13-9-2-1-3-10(7-9)16-12(17)8-4-5-15-11(14)6-8/h1-7H,(H,16,17). The molecule has 1 N–H and O–H groups in total. The highest BCUT2D eigenvalue weighted by Gasteiger charge is 2.06. The van der Waals surface area contributed by atoms with Crippen LogP contribution in [0.15, 0.2) is 47.1 Å². The van der Waals surface area contributed by atoms with Gasteiger partial charge in [0, 0.05) is 21.9 Å². The summed E-state index contributed by atoms with van der Waals surface area (Å²) < 4.78 is 0.906. The van der Waals surface area contributed by atoms with E-state index in [0.717, 1.165) is 10.2 Å². The van der Waals surface area contributed by atoms with E-state index in [1.54, 1.807) is 6.07 Å². The predicted octanol–water partition coefficient (Wildman–Crippen LogP) is 3.75. The van der Waals surface area contributed by atoms with E-state index in [1.807, 2.05) is 24.3 Å². The zero-order chi connectivity index (χ0) is 12.3. The lowest BCUT2D eigenvalue weighted by atomic mass is 10.2. The van der Waals surface area contributed by atoms with Gasteiger partial charge in [-0.1, -0.05) is 33.6 Å². The fraction of sp³-hybridized carbons (Fsp3) is 0. The number of hydrogen-bond donors (Lipinski definition) is 1. The molecule has 5 heteroatoms. The second-order valence-electron chi connectivity index (χ2n) is 3.33. The maximum Gasteiger partial charge on any atom is 0.255 e. The quantitative estimate of drug-likeness (QED) is 0.858. The second-order valence-corrected chi connectivity index (χ2v) is 4.63. The maximum atomic E-state index is 11.9. The number of benzene rings is 1. The molecule has 0 saturated carbocycles. The molecule has 86 valence electrons. The van der Waals surface area contributed by atoms with Gasteiger partial charge in [0.15, 0.2) is 0 Å². The van der Waals surface area contributed by atoms with Crippen LogP contribution in [0.25, 0.3) is 0 Å². The Bertz CT molecular complexity index is 560. The third kappa shape index (κ3) is 3.28. The number of nitrogens with one attached hydrogen (secondary N) is 1. The van der Waals surface area contributed by atoms with Crippen LogP contribution in [0.2, 0.25) is 5.15 Å². The van der Waals surface area contributed by atoms with Gasteiger partial charge in [0.1, 0.15) is 5.15 Å². The van der Waals surface area contributed by atoms with Crippen molar-refractivity contribution in [1.82, 2.24) is 4.98 Å². The Morgan fingerprint density at radius 2 is 2.12 bits per heavy atom. The van der Waals surface area contributed by atoms with Crippen LogP contribution in [0.5, 0.6) is 0 Å². The molecular formula is C12H8BrClN2O. The first kappa shape index (κ1) is 12.1. The van der Waals surface area contributed by atoms with Crippen molar-refractivity contribution in [3.8, 4) is 0 Å². The molecule has 0 aliphatic carbocycles. The summed E-state index contributed by atoms with van der Waals surface area (Å²) in [6.07, 6.45) is 1.50. The van der Waals surface area contributed by atoms with Crippen molar-refractivity contribution in [2.45, 2.75) is 0 Å². The molecule has 2 aromatic rings. The summed E-state index contributed by atoms with van der Waals surface area (Å²) in [5.41, 5.74) is 1.20. The highest BCUT2D eigenvalue weighted by Crippen LogP contribution is 2.17. The van der Waals surface area contributed by atoms with Crippen molar-refractivity contribution in [2.75, 3.05) is 5.32 Å². The fourth-order valence-corrected chi connectivity index (χ4v) is 1.89. The van der Waals surface area contributed by atoms with Crippen molar-refractivity contribution >= 4 is 39.1 Å². The molecule has 17 heavy (non-hydrogen) atoms. The SMILES string of the molecule is O=C(Nc1cccc(Br)c1)c1ccnc(Cl)c1. The number of aromatic nitrogens is 1. The molecule has 0 spiro atoms. The van der Waals surface area contributed by atoms with Crippen LogP contribution >= 0.6 is 27.5 Å². The van der Waals surface area contributed by atoms with E-state index >= 15 is 0 Å². The Hall–Kier alpha value is -1.39. The smallest absolute Gasteiger partial charge is 0.255 e. The molecule has 0 radical (unpaired) electrons. The first-order valence-corrected chi connectivity index (χ1v) is 6.01. The monoisotopic (exact) mass is 310 g/mol. The van der Waals surface area contributed by atoms with E-state index in [9.17, 15) is 4.79 Å². The van der Waals surface area contributed by atoms with E-state index in [-0.39, 0.29) is 5.91 Å². The van der Waals surface area contributed by atoms with Crippen LogP contribution in [0.1, 0.15) is 10.4 Å². The number of carbonyl (C=O) groups excluding carboxylic acids is 1. The zero-order valence-corrected chi connectivity index (χ0v) is 11.0. The van der Waals surface area contributed by atoms with Crippen LogP contribution < -0.4 is 5.32 Å². The predicted molar refractivity (Wildman–Crippen MR) is 71.3 cm³/mol. The van der Waals surface area contributed by atoms with Crippen LogP contribution in [0.3, 0.4) is 0 Å². The van der Waals surface area contributed by atoms with Gasteiger partial charge in [-0.3, -0.25) is 4.79 Å². The lowest BCUT2D eigenvalue weighted by molar-refractivity contribution is 0.102. The Labute approximate surface area is 112 Å². The molecule has 0 bridgehead atoms. The van der Waals surface area contributed by atoms with Crippen molar-refractivity contribution < 1.29 is 4.79 Å². The van der Waals surface area contributed by atoms with Gasteiger partial charge in [-0.05, 0) is 30.3 Å². The third-order valence-electron chi connectivity index (χ3n) is 2.07. The number of pyridine rings is 1. The molecule has 0 atom stereocenters. The Balaban J connectivity index is 2.17. The molecule has 1 aromatic carbocycles. The molecule has 0 aliphatic heterocycles. The maximum absolute atomic E-state index is 11.9. The molecule has 0 fully saturated rings. The lowest BCUT2D eigenvalue weighted by Gasteiger charge is -2.05. The highest BCUT2D eigenvalue weighted by atomic mass is 79.9. The summed E-state index contributed by atoms with van der Waals surface area (Å²) >= 11 is 9.06. The zero-order valence-electron chi connectivity index (χ0n) is 8.65. The van der Waals surface area contributed by atoms with Crippen LogP contribution in [0.4, 0.5) is 5.69 Å². The molecule has 0 saturated heterocycles. The average Bonchev–Trinajstić information content (AvgIpc) is 2.29. The highest BCUT2D eigenvalue weighted by molar-refractivity contribution is 9.10. The number of anilines is 1. The number of amides is 1. The molecule has 0 unspecified atom stereocenters. The average molecular weight is 312 g/mol. The summed E-state index contributed by atoms with van der Waals surface area (Å²) in [6.45, 7) is 0. The van der Waals surface area contributed by atoms with Gasteiger partial charge in [0.05, 0.1) is 0 Å². The van der Waals surface area contributed by atoms with Gasteiger partial charge < -0.3 is 5.32 Å². The van der Waals surface area contributed by atoms with Crippen molar-refractivity contribution in [3.05, 3.63) is 57.8 Å². The number of nitrogens with zero attached hydrogens (tertiary/aromatic N) is 1. The van der Waals surface area contributed by atoms with Gasteiger partial charge in [0.25, 0.3) is 5.91 Å². The fourth-order valence-electron chi connectivity index (χ4n) is 1.31. The minimum Gasteiger partial charge on any atom is -0.322 e. The summed E-state index contributed by atoms with van der Waals surface area (Å²) in [7, 11) is 0. The van der Waals surface area contributed by atoms with E-state index in [2.05, 4.69) is 26.2 Å². The first-order valence-electron chi connectivity index (χ1n) is 4.83. The Kier molecular flexibility index (Phi) is 3.76. The van der Waals surface area contributed by atoms with E-state index < -0.39 is 0 Å². The molecule has 1 aromatic heterocycles. The van der Waals surface area contributed by atoms with Crippen molar-refractivity contribution in [2.24, 2.45) is 0 Å². The van der Waals surface area contributed by atoms with Crippen molar-refractivity contribution in [1.29, 1.82) is 0 Å². The van der Waals surface area contributed by atoms with E-state index in [0.29, 0.717) is 10.7 Å². The summed E-state index contributed by atoms with van der Waals surface area (Å²) in [4.78, 5) is 15.7. The summed E-state index contributed by atoms with van der Waals surface area (Å²) in [5, 5.41) is 3.07. The second kappa shape index (κ2) is 5.29. The van der Waals surface area contributed by atoms with E-state index in [1.165, 1.54) is 12.3 Å². The van der Waals surface area contributed by atoms with Crippen LogP contribution in [0, 0.1) is 0 Å². The Morgan fingerprint density at radius 1 is 1.29 bits per heavy atom. The molecule has 2 rings (SSSR count). The molecule has 1 amide bonds. The third-order valence-corrected chi connectivity index (χ3v) is 2.77. The first-order chi connectivity index (χ1) is 8.15. The van der Waals surface area contributed by atoms with Crippen molar-refractivity contribution in [3.63, 3.8) is 0 Å². The van der Waals surface area contributed by atoms with Gasteiger partial charge in [-0.15, -0.1) is 0 Å². The molecule has 0 aliphatic rings. The van der Waals surface area contributed by atoms with Gasteiger partial charge in [-0.25, -0.2) is 4.98 Å². The summed E-state index contributed by atoms with van der Waals surface area (Å²) in [5.74, 6) is -0.215. The normalized spacial score (nSPS) is 10.0. The van der Waals surface area contributed by atoms with Crippen LogP contribution in [-0.2, 0) is 0 Å². The number of hydrogen-bond acceptors (Lipinski definition) is 2. The Morgan fingerprint density at radius 3 is 2.82 bits per heavy atom. The summed E-state index contributed by atoms with van der Waals surface area (Å²) in [6, 6.07) is 10.5. The lowest BCUT2D eigenvalue weighted by Crippen LogP contribution is -2.11. The topological polar surface area (TPSA) is 42.0 Å². The number of halogens is 2. The van der Waals surface area contributed by atoms with Crippen LogP contribution in [-0.4, -0.2) is 10.9 Å². The van der Waals surface area contributed by atoms with Gasteiger partial charge in [-0.2, -0.15) is 0 Å². The minimum atomic E-state index is -0.215. The van der Waals surface area contributed by atoms with Gasteiger partial charge in [0.2, 0.25) is 0 Å². The molecular weight excluding hydrogens is 304 g/mol. The number of rotatable bonds is 2. The molecule has 1 heterocycles.